The Hall–Kier alpha value is -2.61. The number of ether oxygens (including phenoxy) is 1. The van der Waals surface area contributed by atoms with Gasteiger partial charge in [-0.2, -0.15) is 0 Å². The van der Waals surface area contributed by atoms with Gasteiger partial charge in [0.1, 0.15) is 18.4 Å². The van der Waals surface area contributed by atoms with Crippen LogP contribution in [0.4, 0.5) is 0 Å². The van der Waals surface area contributed by atoms with Crippen LogP contribution >= 0.6 is 0 Å². The molecule has 0 radical (unpaired) electrons. The molecular formula is C25H24NO+. The molecular weight excluding hydrogens is 330 g/mol. The number of aryl methyl sites for hydroxylation is 2. The minimum atomic E-state index is -0.0884. The summed E-state index contributed by atoms with van der Waals surface area (Å²) < 4.78 is 9.23. The van der Waals surface area contributed by atoms with Crippen LogP contribution in [0.1, 0.15) is 35.1 Å². The first-order valence-corrected chi connectivity index (χ1v) is 9.99. The zero-order valence-corrected chi connectivity index (χ0v) is 16.0. The zero-order chi connectivity index (χ0) is 18.2. The van der Waals surface area contributed by atoms with Gasteiger partial charge in [0.25, 0.3) is 0 Å². The fourth-order valence-corrected chi connectivity index (χ4v) is 5.64. The van der Waals surface area contributed by atoms with Crippen molar-refractivity contribution in [3.8, 4) is 17.0 Å². The topological polar surface area (TPSA) is 13.1 Å². The van der Waals surface area contributed by atoms with Crippen LogP contribution in [0.5, 0.6) is 5.75 Å². The van der Waals surface area contributed by atoms with E-state index in [1.165, 1.54) is 46.4 Å². The molecule has 1 aromatic heterocycles. The predicted octanol–water partition coefficient (Wildman–Crippen LogP) is 4.45. The largest absolute Gasteiger partial charge is 0.484 e. The lowest BCUT2D eigenvalue weighted by molar-refractivity contribution is -0.660. The molecule has 2 heteroatoms. The molecule has 0 unspecified atom stereocenters. The summed E-state index contributed by atoms with van der Waals surface area (Å²) in [6, 6.07) is 20.0. The predicted molar refractivity (Wildman–Crippen MR) is 106 cm³/mol. The number of benzene rings is 2. The first-order chi connectivity index (χ1) is 13.1. The van der Waals surface area contributed by atoms with Crippen LogP contribution in [0, 0.1) is 6.92 Å². The molecule has 2 aliphatic carbocycles. The summed E-state index contributed by atoms with van der Waals surface area (Å²) in [5.41, 5.74) is 8.30. The van der Waals surface area contributed by atoms with E-state index >= 15 is 0 Å². The molecule has 0 amide bonds. The van der Waals surface area contributed by atoms with E-state index in [1.54, 1.807) is 0 Å². The smallest absolute Gasteiger partial charge is 0.216 e. The van der Waals surface area contributed by atoms with Crippen LogP contribution in [0.3, 0.4) is 0 Å². The number of hydrogen-bond acceptors (Lipinski definition) is 1. The highest BCUT2D eigenvalue weighted by Gasteiger charge is 2.68. The number of hydrogen-bond donors (Lipinski definition) is 0. The van der Waals surface area contributed by atoms with Gasteiger partial charge < -0.3 is 4.74 Å². The van der Waals surface area contributed by atoms with Crippen molar-refractivity contribution < 1.29 is 9.30 Å². The van der Waals surface area contributed by atoms with E-state index < -0.39 is 0 Å². The SMILES string of the molecule is Cc1ccc2c(c1-c1cccc[n+]1C)OC1(Cc3ccccc3C1)C21CC1. The lowest BCUT2D eigenvalue weighted by atomic mass is 9.78. The Morgan fingerprint density at radius 2 is 1.59 bits per heavy atom. The number of fused-ring (bicyclic) bond motifs is 4. The summed E-state index contributed by atoms with van der Waals surface area (Å²) in [6.07, 6.45) is 6.69. The van der Waals surface area contributed by atoms with Gasteiger partial charge in [-0.15, -0.1) is 0 Å². The van der Waals surface area contributed by atoms with Crippen molar-refractivity contribution >= 4 is 0 Å². The van der Waals surface area contributed by atoms with Crippen molar-refractivity contribution in [3.63, 3.8) is 0 Å². The summed E-state index contributed by atoms with van der Waals surface area (Å²) in [6.45, 7) is 2.21. The van der Waals surface area contributed by atoms with E-state index in [-0.39, 0.29) is 11.0 Å². The quantitative estimate of drug-likeness (QED) is 0.589. The molecule has 3 aliphatic rings. The average Bonchev–Trinajstić information content (AvgIpc) is 3.32. The van der Waals surface area contributed by atoms with E-state index in [1.807, 2.05) is 0 Å². The molecule has 0 N–H and O–H groups in total. The van der Waals surface area contributed by atoms with Crippen LogP contribution in [0.2, 0.25) is 0 Å². The third-order valence-corrected chi connectivity index (χ3v) is 7.18. The van der Waals surface area contributed by atoms with Crippen LogP contribution in [0.25, 0.3) is 11.3 Å². The van der Waals surface area contributed by atoms with Crippen LogP contribution < -0.4 is 9.30 Å². The van der Waals surface area contributed by atoms with Gasteiger partial charge in [0.15, 0.2) is 6.20 Å². The van der Waals surface area contributed by atoms with Gasteiger partial charge in [-0.25, -0.2) is 4.57 Å². The van der Waals surface area contributed by atoms with Crippen molar-refractivity contribution in [1.29, 1.82) is 0 Å². The Balaban J connectivity index is 1.55. The highest BCUT2D eigenvalue weighted by molar-refractivity contribution is 5.75. The molecule has 2 nitrogen and oxygen atoms in total. The monoisotopic (exact) mass is 354 g/mol. The van der Waals surface area contributed by atoms with Crippen molar-refractivity contribution in [1.82, 2.24) is 0 Å². The Morgan fingerprint density at radius 3 is 2.26 bits per heavy atom. The summed E-state index contributed by atoms with van der Waals surface area (Å²) in [7, 11) is 2.12. The van der Waals surface area contributed by atoms with Crippen molar-refractivity contribution in [2.24, 2.45) is 7.05 Å². The minimum Gasteiger partial charge on any atom is -0.484 e. The molecule has 1 saturated carbocycles. The average molecular weight is 354 g/mol. The second-order valence-corrected chi connectivity index (χ2v) is 8.63. The molecule has 2 heterocycles. The number of aromatic nitrogens is 1. The second-order valence-electron chi connectivity index (χ2n) is 8.63. The highest BCUT2D eigenvalue weighted by Crippen LogP contribution is 2.68. The van der Waals surface area contributed by atoms with Gasteiger partial charge >= 0.3 is 0 Å². The maximum atomic E-state index is 7.02. The Morgan fingerprint density at radius 1 is 0.889 bits per heavy atom. The maximum Gasteiger partial charge on any atom is 0.216 e. The van der Waals surface area contributed by atoms with E-state index in [0.29, 0.717) is 0 Å². The Kier molecular flexibility index (Phi) is 2.87. The van der Waals surface area contributed by atoms with Gasteiger partial charge in [0.05, 0.1) is 5.56 Å². The molecule has 3 aromatic rings. The summed E-state index contributed by atoms with van der Waals surface area (Å²) >= 11 is 0. The van der Waals surface area contributed by atoms with Crippen LogP contribution in [0.15, 0.2) is 60.8 Å². The number of nitrogens with zero attached hydrogens (tertiary/aromatic N) is 1. The molecule has 2 aromatic carbocycles. The van der Waals surface area contributed by atoms with Crippen LogP contribution in [-0.4, -0.2) is 5.60 Å². The first-order valence-electron chi connectivity index (χ1n) is 9.99. The summed E-state index contributed by atoms with van der Waals surface area (Å²) in [5, 5.41) is 0. The lowest BCUT2D eigenvalue weighted by Gasteiger charge is -2.30. The van der Waals surface area contributed by atoms with Crippen molar-refractivity contribution in [3.05, 3.63) is 83.0 Å². The molecule has 1 aliphatic heterocycles. The van der Waals surface area contributed by atoms with Gasteiger partial charge in [-0.1, -0.05) is 36.4 Å². The highest BCUT2D eigenvalue weighted by atomic mass is 16.5. The second kappa shape index (κ2) is 5.01. The molecule has 6 rings (SSSR count). The van der Waals surface area contributed by atoms with Gasteiger partial charge in [0.2, 0.25) is 5.69 Å². The van der Waals surface area contributed by atoms with Gasteiger partial charge in [0, 0.05) is 36.0 Å². The molecule has 0 atom stereocenters. The molecule has 0 bridgehead atoms. The zero-order valence-electron chi connectivity index (χ0n) is 16.0. The third kappa shape index (κ3) is 1.88. The summed E-state index contributed by atoms with van der Waals surface area (Å²) in [4.78, 5) is 0. The minimum absolute atomic E-state index is 0.0884. The van der Waals surface area contributed by atoms with E-state index in [9.17, 15) is 0 Å². The van der Waals surface area contributed by atoms with Crippen molar-refractivity contribution in [2.45, 2.75) is 43.6 Å². The van der Waals surface area contributed by atoms with Crippen LogP contribution in [-0.2, 0) is 25.3 Å². The third-order valence-electron chi connectivity index (χ3n) is 7.18. The first kappa shape index (κ1) is 15.4. The van der Waals surface area contributed by atoms with Gasteiger partial charge in [-0.3, -0.25) is 0 Å². The fraction of sp³-hybridized carbons (Fsp3) is 0.320. The molecule has 134 valence electrons. The Bertz CT molecular complexity index is 1070. The number of rotatable bonds is 1. The maximum absolute atomic E-state index is 7.02. The molecule has 27 heavy (non-hydrogen) atoms. The van der Waals surface area contributed by atoms with E-state index in [4.69, 9.17) is 4.74 Å². The van der Waals surface area contributed by atoms with Crippen molar-refractivity contribution in [2.75, 3.05) is 0 Å². The molecule has 0 saturated heterocycles. The fourth-order valence-electron chi connectivity index (χ4n) is 5.64. The normalized spacial score (nSPS) is 19.8. The van der Waals surface area contributed by atoms with E-state index in [2.05, 4.69) is 79.3 Å². The lowest BCUT2D eigenvalue weighted by Crippen LogP contribution is -2.44. The van der Waals surface area contributed by atoms with Gasteiger partial charge in [-0.05, 0) is 42.5 Å². The standard InChI is InChI=1S/C25H24NO/c1-17-10-11-20-23(22(17)21-9-5-6-14-26(21)2)27-25(24(20)12-13-24)15-18-7-3-4-8-19(18)16-25/h3-11,14H,12-13,15-16H2,1-2H3/q+1. The number of pyridine rings is 1. The molecule has 1 fully saturated rings. The summed E-state index contributed by atoms with van der Waals surface area (Å²) in [5.74, 6) is 1.14. The Labute approximate surface area is 160 Å². The molecule has 2 spiro atoms. The van der Waals surface area contributed by atoms with E-state index in [0.717, 1.165) is 18.6 Å².